The Labute approximate surface area is 200 Å². The molecule has 0 bridgehead atoms. The molecule has 0 radical (unpaired) electrons. The molecule has 5 rings (SSSR count). The van der Waals surface area contributed by atoms with Gasteiger partial charge < -0.3 is 20.1 Å². The van der Waals surface area contributed by atoms with Crippen LogP contribution in [0.5, 0.6) is 5.75 Å². The summed E-state index contributed by atoms with van der Waals surface area (Å²) in [7, 11) is 1.60. The molecule has 3 aromatic heterocycles. The fraction of sp³-hybridized carbons (Fsp3) is 0.250. The lowest BCUT2D eigenvalue weighted by Crippen LogP contribution is -2.44. The maximum Gasteiger partial charge on any atom is 0.407 e. The minimum absolute atomic E-state index is 0.281. The van der Waals surface area contributed by atoms with E-state index in [-0.39, 0.29) is 13.1 Å². The first-order valence-corrected chi connectivity index (χ1v) is 11.0. The number of ether oxygens (including phenoxy) is 1. The third kappa shape index (κ3) is 4.06. The molecule has 1 aliphatic heterocycles. The van der Waals surface area contributed by atoms with Crippen LogP contribution in [0.3, 0.4) is 0 Å². The van der Waals surface area contributed by atoms with E-state index in [1.807, 2.05) is 30.3 Å². The molecule has 4 heterocycles. The van der Waals surface area contributed by atoms with Gasteiger partial charge in [-0.2, -0.15) is 5.26 Å². The molecule has 1 amide bonds. The van der Waals surface area contributed by atoms with Crippen LogP contribution in [0, 0.1) is 11.3 Å². The Hall–Kier alpha value is -4.72. The number of pyridine rings is 1. The van der Waals surface area contributed by atoms with E-state index < -0.39 is 11.5 Å². The van der Waals surface area contributed by atoms with Crippen molar-refractivity contribution in [3.05, 3.63) is 60.8 Å². The largest absolute Gasteiger partial charge is 0.497 e. The average Bonchev–Trinajstić information content (AvgIpc) is 3.26. The van der Waals surface area contributed by atoms with Crippen molar-refractivity contribution >= 4 is 28.6 Å². The molecule has 1 aromatic carbocycles. The van der Waals surface area contributed by atoms with Crippen LogP contribution < -0.4 is 10.1 Å². The van der Waals surface area contributed by atoms with E-state index in [1.54, 1.807) is 36.6 Å². The van der Waals surface area contributed by atoms with E-state index in [0.29, 0.717) is 35.9 Å². The number of nitrogens with one attached hydrogen (secondary N) is 1. The number of nitriles is 1. The number of likely N-dealkylation sites (tertiary alicyclic amines) is 1. The minimum atomic E-state index is -0.974. The van der Waals surface area contributed by atoms with Crippen LogP contribution in [0.25, 0.3) is 16.6 Å². The molecular formula is C24H22N8O3. The summed E-state index contributed by atoms with van der Waals surface area (Å²) in [6, 6.07) is 11.7. The molecule has 2 N–H and O–H groups in total. The molecule has 1 saturated heterocycles. The Morgan fingerprint density at radius 2 is 2.00 bits per heavy atom. The third-order valence-electron chi connectivity index (χ3n) is 6.28. The standard InChI is InChI=1S/C24H22N8O3/c1-35-17-2-3-18-19(13-17)32(30-22(18)29-21-14-26-8-9-28-21)16-4-7-27-20(12-16)24(15-25)5-10-31(11-6-24)23(33)34/h2-4,7-9,12-14H,5-6,10-11H2,1H3,(H,33,34)(H,28,29,30). The quantitative estimate of drug-likeness (QED) is 0.448. The molecule has 1 fully saturated rings. The summed E-state index contributed by atoms with van der Waals surface area (Å²) in [5.41, 5.74) is 1.23. The zero-order valence-electron chi connectivity index (χ0n) is 18.9. The molecule has 11 nitrogen and oxygen atoms in total. The highest BCUT2D eigenvalue weighted by Gasteiger charge is 2.39. The number of hydrogen-bond donors (Lipinski definition) is 2. The van der Waals surface area contributed by atoms with Crippen LogP contribution >= 0.6 is 0 Å². The average molecular weight is 470 g/mol. The Balaban J connectivity index is 1.57. The summed E-state index contributed by atoms with van der Waals surface area (Å²) >= 11 is 0. The second-order valence-electron chi connectivity index (χ2n) is 8.22. The normalized spacial score (nSPS) is 14.9. The molecule has 0 spiro atoms. The van der Waals surface area contributed by atoms with Crippen molar-refractivity contribution in [2.75, 3.05) is 25.5 Å². The summed E-state index contributed by atoms with van der Waals surface area (Å²) in [6.07, 6.45) is 6.22. The molecular weight excluding hydrogens is 448 g/mol. The van der Waals surface area contributed by atoms with Gasteiger partial charge in [0.05, 0.1) is 36.3 Å². The van der Waals surface area contributed by atoms with Gasteiger partial charge in [0.25, 0.3) is 0 Å². The summed E-state index contributed by atoms with van der Waals surface area (Å²) in [5.74, 6) is 1.82. The maximum absolute atomic E-state index is 11.3. The Morgan fingerprint density at radius 1 is 1.17 bits per heavy atom. The lowest BCUT2D eigenvalue weighted by molar-refractivity contribution is 0.124. The van der Waals surface area contributed by atoms with E-state index in [0.717, 1.165) is 16.6 Å². The number of rotatable bonds is 5. The summed E-state index contributed by atoms with van der Waals surface area (Å²) in [4.78, 5) is 25.5. The van der Waals surface area contributed by atoms with Gasteiger partial charge in [0.1, 0.15) is 17.0 Å². The van der Waals surface area contributed by atoms with Gasteiger partial charge in [-0.1, -0.05) is 0 Å². The van der Waals surface area contributed by atoms with Crippen LogP contribution in [0.1, 0.15) is 18.5 Å². The van der Waals surface area contributed by atoms with E-state index >= 15 is 0 Å². The SMILES string of the molecule is COc1ccc2c(Nc3cnccn3)nn(-c3ccnc(C4(C#N)CCN(C(=O)O)CC4)c3)c2c1. The maximum atomic E-state index is 11.3. The highest BCUT2D eigenvalue weighted by Crippen LogP contribution is 2.36. The highest BCUT2D eigenvalue weighted by atomic mass is 16.5. The number of fused-ring (bicyclic) bond motifs is 1. The summed E-state index contributed by atoms with van der Waals surface area (Å²) < 4.78 is 7.19. The van der Waals surface area contributed by atoms with Gasteiger partial charge in [-0.25, -0.2) is 14.5 Å². The minimum Gasteiger partial charge on any atom is -0.497 e. The van der Waals surface area contributed by atoms with Crippen LogP contribution in [-0.4, -0.2) is 61.0 Å². The number of aromatic nitrogens is 5. The predicted octanol–water partition coefficient (Wildman–Crippen LogP) is 3.50. The molecule has 35 heavy (non-hydrogen) atoms. The number of anilines is 2. The van der Waals surface area contributed by atoms with Crippen molar-refractivity contribution in [2.45, 2.75) is 18.3 Å². The van der Waals surface area contributed by atoms with Gasteiger partial charge in [0, 0.05) is 43.1 Å². The summed E-state index contributed by atoms with van der Waals surface area (Å²) in [6.45, 7) is 0.561. The van der Waals surface area contributed by atoms with Crippen LogP contribution in [0.2, 0.25) is 0 Å². The van der Waals surface area contributed by atoms with Crippen molar-refractivity contribution in [1.29, 1.82) is 5.26 Å². The molecule has 1 aliphatic rings. The van der Waals surface area contributed by atoms with E-state index in [4.69, 9.17) is 9.84 Å². The fourth-order valence-electron chi connectivity index (χ4n) is 4.31. The second kappa shape index (κ2) is 8.90. The number of piperidine rings is 1. The highest BCUT2D eigenvalue weighted by molar-refractivity contribution is 5.93. The summed E-state index contributed by atoms with van der Waals surface area (Å²) in [5, 5.41) is 28.2. The smallest absolute Gasteiger partial charge is 0.407 e. The number of hydrogen-bond acceptors (Lipinski definition) is 8. The van der Waals surface area contributed by atoms with Gasteiger partial charge in [-0.05, 0) is 37.1 Å². The molecule has 0 atom stereocenters. The van der Waals surface area contributed by atoms with Gasteiger partial charge in [-0.3, -0.25) is 9.97 Å². The van der Waals surface area contributed by atoms with Crippen LogP contribution in [-0.2, 0) is 5.41 Å². The van der Waals surface area contributed by atoms with Crippen LogP contribution in [0.4, 0.5) is 16.4 Å². The molecule has 11 heteroatoms. The van der Waals surface area contributed by atoms with E-state index in [9.17, 15) is 15.2 Å². The molecule has 0 aliphatic carbocycles. The fourth-order valence-corrected chi connectivity index (χ4v) is 4.31. The van der Waals surface area contributed by atoms with Crippen molar-refractivity contribution in [2.24, 2.45) is 0 Å². The van der Waals surface area contributed by atoms with Gasteiger partial charge in [-0.15, -0.1) is 5.10 Å². The molecule has 176 valence electrons. The zero-order valence-corrected chi connectivity index (χ0v) is 18.9. The zero-order chi connectivity index (χ0) is 24.4. The topological polar surface area (TPSA) is 142 Å². The Kier molecular flexibility index (Phi) is 5.62. The first-order valence-electron chi connectivity index (χ1n) is 11.0. The van der Waals surface area contributed by atoms with Crippen molar-refractivity contribution in [3.63, 3.8) is 0 Å². The number of benzene rings is 1. The monoisotopic (exact) mass is 470 g/mol. The Morgan fingerprint density at radius 3 is 2.69 bits per heavy atom. The Bertz CT molecular complexity index is 1420. The van der Waals surface area contributed by atoms with Gasteiger partial charge >= 0.3 is 6.09 Å². The predicted molar refractivity (Wildman–Crippen MR) is 127 cm³/mol. The first kappa shape index (κ1) is 22.1. The number of carboxylic acid groups (broad SMARTS) is 1. The van der Waals surface area contributed by atoms with Crippen molar-refractivity contribution in [1.82, 2.24) is 29.6 Å². The number of nitrogens with zero attached hydrogens (tertiary/aromatic N) is 7. The first-order chi connectivity index (χ1) is 17.0. The lowest BCUT2D eigenvalue weighted by atomic mass is 9.76. The molecule has 4 aromatic rings. The lowest BCUT2D eigenvalue weighted by Gasteiger charge is -2.35. The third-order valence-corrected chi connectivity index (χ3v) is 6.28. The number of methoxy groups -OCH3 is 1. The molecule has 0 saturated carbocycles. The van der Waals surface area contributed by atoms with E-state index in [2.05, 4.69) is 26.3 Å². The number of amides is 1. The number of carbonyl (C=O) groups is 1. The van der Waals surface area contributed by atoms with Gasteiger partial charge in [0.15, 0.2) is 5.82 Å². The van der Waals surface area contributed by atoms with Gasteiger partial charge in [0.2, 0.25) is 0 Å². The van der Waals surface area contributed by atoms with Crippen LogP contribution in [0.15, 0.2) is 55.1 Å². The molecule has 0 unspecified atom stereocenters. The van der Waals surface area contributed by atoms with Crippen molar-refractivity contribution in [3.8, 4) is 17.5 Å². The second-order valence-corrected chi connectivity index (χ2v) is 8.22. The van der Waals surface area contributed by atoms with Crippen molar-refractivity contribution < 1.29 is 14.6 Å². The van der Waals surface area contributed by atoms with E-state index in [1.165, 1.54) is 4.90 Å².